The number of aryl methyl sites for hydroxylation is 2. The van der Waals surface area contributed by atoms with E-state index >= 15 is 0 Å². The third-order valence-corrected chi connectivity index (χ3v) is 5.32. The predicted molar refractivity (Wildman–Crippen MR) is 107 cm³/mol. The third kappa shape index (κ3) is 4.13. The molecule has 0 saturated carbocycles. The highest BCUT2D eigenvalue weighted by Crippen LogP contribution is 2.19. The number of esters is 1. The summed E-state index contributed by atoms with van der Waals surface area (Å²) in [6, 6.07) is 7.70. The van der Waals surface area contributed by atoms with Crippen LogP contribution in [0.5, 0.6) is 0 Å². The maximum absolute atomic E-state index is 12.8. The summed E-state index contributed by atoms with van der Waals surface area (Å²) in [5.41, 5.74) is 1.69. The number of likely N-dealkylation sites (tertiary alicyclic amines) is 1. The summed E-state index contributed by atoms with van der Waals surface area (Å²) in [5.74, 6) is -0.487. The van der Waals surface area contributed by atoms with E-state index in [-0.39, 0.29) is 29.9 Å². The van der Waals surface area contributed by atoms with E-state index in [0.29, 0.717) is 32.8 Å². The van der Waals surface area contributed by atoms with Gasteiger partial charge in [0.25, 0.3) is 0 Å². The van der Waals surface area contributed by atoms with Gasteiger partial charge in [-0.1, -0.05) is 19.1 Å². The van der Waals surface area contributed by atoms with Crippen molar-refractivity contribution in [2.75, 3.05) is 19.7 Å². The number of carbonyl (C=O) groups is 2. The zero-order valence-electron chi connectivity index (χ0n) is 16.7. The van der Waals surface area contributed by atoms with Gasteiger partial charge in [-0.15, -0.1) is 0 Å². The van der Waals surface area contributed by atoms with E-state index in [1.54, 1.807) is 21.0 Å². The Morgan fingerprint density at radius 3 is 2.43 bits per heavy atom. The van der Waals surface area contributed by atoms with Gasteiger partial charge in [0, 0.05) is 32.6 Å². The van der Waals surface area contributed by atoms with Crippen LogP contribution in [0.2, 0.25) is 0 Å². The van der Waals surface area contributed by atoms with Gasteiger partial charge in [0.05, 0.1) is 23.6 Å². The Labute approximate surface area is 164 Å². The molecule has 1 amide bonds. The summed E-state index contributed by atoms with van der Waals surface area (Å²) in [7, 11) is 0. The Kier molecular flexibility index (Phi) is 6.54. The largest absolute Gasteiger partial charge is 0.466 e. The highest BCUT2D eigenvalue weighted by atomic mass is 16.5. The number of rotatable bonds is 7. The van der Waals surface area contributed by atoms with E-state index in [9.17, 15) is 14.4 Å². The van der Waals surface area contributed by atoms with E-state index in [0.717, 1.165) is 30.3 Å². The summed E-state index contributed by atoms with van der Waals surface area (Å²) in [5, 5.41) is 0. The molecule has 1 aliphatic rings. The standard InChI is InChI=1S/C21H29N3O4/c1-3-12-23-17-9-5-6-10-18(17)24(21(23)27)14-11-19(25)22-13-7-8-16(15-22)20(26)28-4-2/h5-6,9-10,16H,3-4,7-8,11-15H2,1-2H3. The molecule has 2 aromatic rings. The Bertz CT molecular complexity index is 899. The van der Waals surface area contributed by atoms with Gasteiger partial charge in [-0.05, 0) is 38.3 Å². The number of fused-ring (bicyclic) bond motifs is 1. The maximum Gasteiger partial charge on any atom is 0.329 e. The molecule has 0 radical (unpaired) electrons. The molecule has 0 aliphatic carbocycles. The molecule has 1 saturated heterocycles. The fourth-order valence-electron chi connectivity index (χ4n) is 3.95. The van der Waals surface area contributed by atoms with E-state index in [1.807, 2.05) is 31.2 Å². The lowest BCUT2D eigenvalue weighted by Gasteiger charge is -2.31. The van der Waals surface area contributed by atoms with Crippen molar-refractivity contribution in [3.63, 3.8) is 0 Å². The molecule has 7 heteroatoms. The first-order valence-corrected chi connectivity index (χ1v) is 10.2. The lowest BCUT2D eigenvalue weighted by Crippen LogP contribution is -2.43. The molecular weight excluding hydrogens is 358 g/mol. The molecule has 2 heterocycles. The minimum Gasteiger partial charge on any atom is -0.466 e. The number of carbonyl (C=O) groups excluding carboxylic acids is 2. The van der Waals surface area contributed by atoms with Crippen molar-refractivity contribution >= 4 is 22.9 Å². The zero-order valence-corrected chi connectivity index (χ0v) is 16.7. The molecular formula is C21H29N3O4. The molecule has 1 atom stereocenters. The van der Waals surface area contributed by atoms with Gasteiger partial charge in [-0.3, -0.25) is 18.7 Å². The summed E-state index contributed by atoms with van der Waals surface area (Å²) in [6.45, 7) is 6.25. The van der Waals surface area contributed by atoms with Crippen LogP contribution in [0.25, 0.3) is 11.0 Å². The topological polar surface area (TPSA) is 73.5 Å². The molecule has 0 spiro atoms. The molecule has 28 heavy (non-hydrogen) atoms. The highest BCUT2D eigenvalue weighted by Gasteiger charge is 2.29. The number of nitrogens with zero attached hydrogens (tertiary/aromatic N) is 3. The Balaban J connectivity index is 1.70. The van der Waals surface area contributed by atoms with Crippen LogP contribution >= 0.6 is 0 Å². The number of para-hydroxylation sites is 2. The summed E-state index contributed by atoms with van der Waals surface area (Å²) >= 11 is 0. The van der Waals surface area contributed by atoms with Gasteiger partial charge in [0.2, 0.25) is 5.91 Å². The van der Waals surface area contributed by atoms with Crippen LogP contribution in [0.4, 0.5) is 0 Å². The van der Waals surface area contributed by atoms with Gasteiger partial charge in [-0.25, -0.2) is 4.79 Å². The SMILES string of the molecule is CCCn1c(=O)n(CCC(=O)N2CCCC(C(=O)OCC)C2)c2ccccc21. The molecule has 3 rings (SSSR count). The first-order valence-electron chi connectivity index (χ1n) is 10.2. The van der Waals surface area contributed by atoms with Gasteiger partial charge in [0.1, 0.15) is 0 Å². The smallest absolute Gasteiger partial charge is 0.329 e. The second-order valence-corrected chi connectivity index (χ2v) is 7.26. The van der Waals surface area contributed by atoms with Crippen molar-refractivity contribution < 1.29 is 14.3 Å². The molecule has 1 unspecified atom stereocenters. The number of imidazole rings is 1. The first kappa shape index (κ1) is 20.2. The Morgan fingerprint density at radius 2 is 1.79 bits per heavy atom. The van der Waals surface area contributed by atoms with Crippen molar-refractivity contribution in [1.82, 2.24) is 14.0 Å². The van der Waals surface area contributed by atoms with Crippen LogP contribution in [0.1, 0.15) is 39.5 Å². The normalized spacial score (nSPS) is 17.1. The van der Waals surface area contributed by atoms with Crippen molar-refractivity contribution in [1.29, 1.82) is 0 Å². The number of hydrogen-bond acceptors (Lipinski definition) is 4. The fourth-order valence-corrected chi connectivity index (χ4v) is 3.95. The predicted octanol–water partition coefficient (Wildman–Crippen LogP) is 2.40. The molecule has 152 valence electrons. The zero-order chi connectivity index (χ0) is 20.1. The molecule has 1 aromatic carbocycles. The molecule has 0 bridgehead atoms. The quantitative estimate of drug-likeness (QED) is 0.684. The number of hydrogen-bond donors (Lipinski definition) is 0. The highest BCUT2D eigenvalue weighted by molar-refractivity contribution is 5.79. The lowest BCUT2D eigenvalue weighted by atomic mass is 9.98. The average molecular weight is 387 g/mol. The van der Waals surface area contributed by atoms with Crippen molar-refractivity contribution in [2.24, 2.45) is 5.92 Å². The van der Waals surface area contributed by atoms with Gasteiger partial charge < -0.3 is 9.64 Å². The maximum atomic E-state index is 12.8. The van der Waals surface area contributed by atoms with Crippen LogP contribution in [0, 0.1) is 5.92 Å². The van der Waals surface area contributed by atoms with E-state index in [2.05, 4.69) is 0 Å². The Morgan fingerprint density at radius 1 is 1.11 bits per heavy atom. The van der Waals surface area contributed by atoms with Crippen molar-refractivity contribution in [3.8, 4) is 0 Å². The van der Waals surface area contributed by atoms with Gasteiger partial charge in [-0.2, -0.15) is 0 Å². The number of ether oxygens (including phenoxy) is 1. The molecule has 7 nitrogen and oxygen atoms in total. The van der Waals surface area contributed by atoms with E-state index in [1.165, 1.54) is 0 Å². The number of piperidine rings is 1. The van der Waals surface area contributed by atoms with Crippen LogP contribution in [0.15, 0.2) is 29.1 Å². The van der Waals surface area contributed by atoms with E-state index < -0.39 is 0 Å². The minimum atomic E-state index is -0.244. The molecule has 1 aromatic heterocycles. The summed E-state index contributed by atoms with van der Waals surface area (Å²) in [4.78, 5) is 39.3. The summed E-state index contributed by atoms with van der Waals surface area (Å²) in [6.07, 6.45) is 2.67. The number of benzene rings is 1. The molecule has 0 N–H and O–H groups in total. The third-order valence-electron chi connectivity index (χ3n) is 5.32. The summed E-state index contributed by atoms with van der Waals surface area (Å²) < 4.78 is 8.57. The minimum absolute atomic E-state index is 0.0202. The monoisotopic (exact) mass is 387 g/mol. The van der Waals surface area contributed by atoms with Crippen LogP contribution in [0.3, 0.4) is 0 Å². The van der Waals surface area contributed by atoms with E-state index in [4.69, 9.17) is 4.74 Å². The number of aromatic nitrogens is 2. The van der Waals surface area contributed by atoms with Gasteiger partial charge >= 0.3 is 11.7 Å². The van der Waals surface area contributed by atoms with Crippen molar-refractivity contribution in [3.05, 3.63) is 34.7 Å². The Hall–Kier alpha value is -2.57. The van der Waals surface area contributed by atoms with Crippen molar-refractivity contribution in [2.45, 2.75) is 52.6 Å². The molecule has 1 aliphatic heterocycles. The number of amides is 1. The second kappa shape index (κ2) is 9.08. The molecule has 1 fully saturated rings. The van der Waals surface area contributed by atoms with Crippen LogP contribution in [-0.4, -0.2) is 45.6 Å². The average Bonchev–Trinajstić information content (AvgIpc) is 2.98. The lowest BCUT2D eigenvalue weighted by molar-refractivity contribution is -0.151. The van der Waals surface area contributed by atoms with Gasteiger partial charge in [0.15, 0.2) is 0 Å². The fraction of sp³-hybridized carbons (Fsp3) is 0.571. The van der Waals surface area contributed by atoms with Crippen LogP contribution < -0.4 is 5.69 Å². The second-order valence-electron chi connectivity index (χ2n) is 7.26. The van der Waals surface area contributed by atoms with Crippen LogP contribution in [-0.2, 0) is 27.4 Å². The first-order chi connectivity index (χ1) is 13.6.